The predicted molar refractivity (Wildman–Crippen MR) is 70.5 cm³/mol. The largest absolute Gasteiger partial charge is 0.378 e. The van der Waals surface area contributed by atoms with Crippen molar-refractivity contribution in [1.29, 1.82) is 5.26 Å². The third kappa shape index (κ3) is 4.02. The number of ether oxygens (including phenoxy) is 1. The monoisotopic (exact) mass is 266 g/mol. The molecule has 4 nitrogen and oxygen atoms in total. The van der Waals surface area contributed by atoms with Crippen LogP contribution >= 0.6 is 11.6 Å². The summed E-state index contributed by atoms with van der Waals surface area (Å²) in [5.74, 6) is -0.222. The minimum atomic E-state index is -0.546. The van der Waals surface area contributed by atoms with Crippen LogP contribution in [-0.2, 0) is 9.53 Å². The van der Waals surface area contributed by atoms with E-state index in [4.69, 9.17) is 21.6 Å². The van der Waals surface area contributed by atoms with E-state index in [0.717, 1.165) is 0 Å². The number of carbonyl (C=O) groups is 1. The van der Waals surface area contributed by atoms with Crippen molar-refractivity contribution in [3.05, 3.63) is 28.8 Å². The molecule has 0 heterocycles. The van der Waals surface area contributed by atoms with Gasteiger partial charge in [-0.05, 0) is 32.0 Å². The number of nitrogens with zero attached hydrogens (tertiary/aromatic N) is 1. The predicted octanol–water partition coefficient (Wildman–Crippen LogP) is 2.97. The smallest absolute Gasteiger partial charge is 0.227 e. The van der Waals surface area contributed by atoms with E-state index in [1.807, 2.05) is 19.9 Å². The summed E-state index contributed by atoms with van der Waals surface area (Å²) < 4.78 is 5.17. The molecular weight excluding hydrogens is 252 g/mol. The normalized spacial score (nSPS) is 10.8. The van der Waals surface area contributed by atoms with E-state index in [2.05, 4.69) is 5.32 Å². The van der Waals surface area contributed by atoms with Crippen molar-refractivity contribution in [2.24, 2.45) is 0 Å². The van der Waals surface area contributed by atoms with E-state index in [9.17, 15) is 4.79 Å². The number of benzene rings is 1. The molecule has 1 rings (SSSR count). The van der Waals surface area contributed by atoms with Gasteiger partial charge in [-0.25, -0.2) is 0 Å². The fourth-order valence-corrected chi connectivity index (χ4v) is 1.54. The third-order valence-electron chi connectivity index (χ3n) is 2.52. The number of nitrogens with one attached hydrogen (secondary N) is 1. The molecule has 1 amide bonds. The van der Waals surface area contributed by atoms with Gasteiger partial charge in [-0.3, -0.25) is 4.79 Å². The summed E-state index contributed by atoms with van der Waals surface area (Å²) in [5.41, 5.74) is 0.250. The van der Waals surface area contributed by atoms with E-state index in [-0.39, 0.29) is 12.3 Å². The number of carbonyl (C=O) groups excluding carboxylic acids is 1. The van der Waals surface area contributed by atoms with Crippen LogP contribution in [0.5, 0.6) is 0 Å². The van der Waals surface area contributed by atoms with Crippen LogP contribution in [0.2, 0.25) is 5.02 Å². The Balaban J connectivity index is 2.82. The van der Waals surface area contributed by atoms with Crippen LogP contribution in [0.15, 0.2) is 18.2 Å². The van der Waals surface area contributed by atoms with Gasteiger partial charge in [0.15, 0.2) is 0 Å². The molecule has 0 atom stereocenters. The Morgan fingerprint density at radius 3 is 2.78 bits per heavy atom. The summed E-state index contributed by atoms with van der Waals surface area (Å²) in [6, 6.07) is 6.73. The fraction of sp³-hybridized carbons (Fsp3) is 0.385. The molecule has 0 fully saturated rings. The van der Waals surface area contributed by atoms with Crippen molar-refractivity contribution in [3.8, 4) is 6.07 Å². The molecule has 0 unspecified atom stereocenters. The number of anilines is 1. The first-order valence-corrected chi connectivity index (χ1v) is 5.80. The van der Waals surface area contributed by atoms with Gasteiger partial charge >= 0.3 is 0 Å². The Kier molecular flexibility index (Phi) is 4.71. The molecule has 0 aliphatic carbocycles. The van der Waals surface area contributed by atoms with Crippen molar-refractivity contribution < 1.29 is 9.53 Å². The molecule has 0 aliphatic rings. The van der Waals surface area contributed by atoms with Crippen molar-refractivity contribution in [2.45, 2.75) is 25.9 Å². The van der Waals surface area contributed by atoms with Gasteiger partial charge in [-0.15, -0.1) is 0 Å². The lowest BCUT2D eigenvalue weighted by atomic mass is 10.0. The summed E-state index contributed by atoms with van der Waals surface area (Å²) >= 11 is 5.83. The summed E-state index contributed by atoms with van der Waals surface area (Å²) in [6.07, 6.45) is 0.195. The van der Waals surface area contributed by atoms with Crippen molar-refractivity contribution in [3.63, 3.8) is 0 Å². The Hall–Kier alpha value is -1.57. The van der Waals surface area contributed by atoms with E-state index in [1.165, 1.54) is 0 Å². The van der Waals surface area contributed by atoms with E-state index < -0.39 is 5.60 Å². The summed E-state index contributed by atoms with van der Waals surface area (Å²) in [5, 5.41) is 12.1. The van der Waals surface area contributed by atoms with Crippen LogP contribution in [-0.4, -0.2) is 18.6 Å². The molecule has 0 saturated heterocycles. The minimum absolute atomic E-state index is 0.195. The zero-order chi connectivity index (χ0) is 13.8. The van der Waals surface area contributed by atoms with Crippen LogP contribution in [0.4, 0.5) is 5.69 Å². The van der Waals surface area contributed by atoms with Crippen LogP contribution < -0.4 is 5.32 Å². The SMILES string of the molecule is COC(C)(C)CC(=O)Nc1cc(Cl)ccc1C#N. The van der Waals surface area contributed by atoms with Gasteiger partial charge in [0.05, 0.1) is 23.3 Å². The number of hydrogen-bond acceptors (Lipinski definition) is 3. The molecule has 1 aromatic carbocycles. The maximum Gasteiger partial charge on any atom is 0.227 e. The zero-order valence-electron chi connectivity index (χ0n) is 10.6. The highest BCUT2D eigenvalue weighted by Gasteiger charge is 2.21. The highest BCUT2D eigenvalue weighted by Crippen LogP contribution is 2.21. The quantitative estimate of drug-likeness (QED) is 0.911. The van der Waals surface area contributed by atoms with Gasteiger partial charge in [0.2, 0.25) is 5.91 Å². The Labute approximate surface area is 112 Å². The van der Waals surface area contributed by atoms with Gasteiger partial charge in [0.25, 0.3) is 0 Å². The van der Waals surface area contributed by atoms with Crippen molar-refractivity contribution >= 4 is 23.2 Å². The molecular formula is C13H15ClN2O2. The maximum absolute atomic E-state index is 11.8. The summed E-state index contributed by atoms with van der Waals surface area (Å²) in [6.45, 7) is 3.63. The number of halogens is 1. The molecule has 0 radical (unpaired) electrons. The van der Waals surface area contributed by atoms with Crippen LogP contribution in [0.25, 0.3) is 0 Å². The van der Waals surface area contributed by atoms with Gasteiger partial charge in [0, 0.05) is 12.1 Å². The number of rotatable bonds is 4. The molecule has 96 valence electrons. The second kappa shape index (κ2) is 5.85. The summed E-state index contributed by atoms with van der Waals surface area (Å²) in [7, 11) is 1.55. The Morgan fingerprint density at radius 1 is 1.56 bits per heavy atom. The molecule has 1 aromatic rings. The fourth-order valence-electron chi connectivity index (χ4n) is 1.37. The first kappa shape index (κ1) is 14.5. The van der Waals surface area contributed by atoms with Gasteiger partial charge in [0.1, 0.15) is 6.07 Å². The van der Waals surface area contributed by atoms with E-state index in [0.29, 0.717) is 16.3 Å². The van der Waals surface area contributed by atoms with Crippen LogP contribution in [0.1, 0.15) is 25.8 Å². The molecule has 0 spiro atoms. The van der Waals surface area contributed by atoms with E-state index >= 15 is 0 Å². The van der Waals surface area contributed by atoms with E-state index in [1.54, 1.807) is 25.3 Å². The lowest BCUT2D eigenvalue weighted by Gasteiger charge is -2.22. The number of hydrogen-bond donors (Lipinski definition) is 1. The zero-order valence-corrected chi connectivity index (χ0v) is 11.3. The molecule has 1 N–H and O–H groups in total. The Morgan fingerprint density at radius 2 is 2.22 bits per heavy atom. The van der Waals surface area contributed by atoms with Crippen LogP contribution in [0, 0.1) is 11.3 Å². The average Bonchev–Trinajstić information content (AvgIpc) is 2.28. The first-order valence-electron chi connectivity index (χ1n) is 5.42. The van der Waals surface area contributed by atoms with Crippen molar-refractivity contribution in [2.75, 3.05) is 12.4 Å². The number of nitriles is 1. The first-order chi connectivity index (χ1) is 8.38. The minimum Gasteiger partial charge on any atom is -0.378 e. The molecule has 0 aromatic heterocycles. The molecule has 0 bridgehead atoms. The highest BCUT2D eigenvalue weighted by atomic mass is 35.5. The standard InChI is InChI=1S/C13H15ClN2O2/c1-13(2,18-3)7-12(17)16-11-6-10(14)5-4-9(11)8-15/h4-6H,7H2,1-3H3,(H,16,17). The topological polar surface area (TPSA) is 62.1 Å². The molecule has 0 aliphatic heterocycles. The number of amides is 1. The number of methoxy groups -OCH3 is 1. The average molecular weight is 267 g/mol. The Bertz CT molecular complexity index is 492. The van der Waals surface area contributed by atoms with Gasteiger partial charge in [-0.2, -0.15) is 5.26 Å². The maximum atomic E-state index is 11.8. The van der Waals surface area contributed by atoms with Crippen molar-refractivity contribution in [1.82, 2.24) is 0 Å². The second-order valence-corrected chi connectivity index (χ2v) is 4.93. The highest BCUT2D eigenvalue weighted by molar-refractivity contribution is 6.31. The lowest BCUT2D eigenvalue weighted by Crippen LogP contribution is -2.29. The lowest BCUT2D eigenvalue weighted by molar-refractivity contribution is -0.121. The van der Waals surface area contributed by atoms with Crippen LogP contribution in [0.3, 0.4) is 0 Å². The van der Waals surface area contributed by atoms with Gasteiger partial charge < -0.3 is 10.1 Å². The molecule has 0 saturated carbocycles. The third-order valence-corrected chi connectivity index (χ3v) is 2.75. The summed E-state index contributed by atoms with van der Waals surface area (Å²) in [4.78, 5) is 11.8. The molecule has 18 heavy (non-hydrogen) atoms. The second-order valence-electron chi connectivity index (χ2n) is 4.49. The van der Waals surface area contributed by atoms with Gasteiger partial charge in [-0.1, -0.05) is 11.6 Å². The molecule has 5 heteroatoms.